The van der Waals surface area contributed by atoms with E-state index >= 15 is 0 Å². The molecule has 6 nitrogen and oxygen atoms in total. The third-order valence-electron chi connectivity index (χ3n) is 5.20. The van der Waals surface area contributed by atoms with E-state index in [4.69, 9.17) is 0 Å². The normalized spacial score (nSPS) is 11.3. The molecule has 0 aliphatic rings. The second kappa shape index (κ2) is 9.78. The fraction of sp³-hybridized carbons (Fsp3) is 0.160. The van der Waals surface area contributed by atoms with Crippen LogP contribution in [0.2, 0.25) is 0 Å². The van der Waals surface area contributed by atoms with Crippen molar-refractivity contribution in [2.24, 2.45) is 10.2 Å². The number of amides is 1. The number of aromatic hydroxyl groups is 1. The zero-order valence-electron chi connectivity index (χ0n) is 17.6. The van der Waals surface area contributed by atoms with Gasteiger partial charge in [0.25, 0.3) is 5.91 Å². The maximum Gasteiger partial charge on any atom is 0.283 e. The van der Waals surface area contributed by atoms with E-state index in [1.165, 1.54) is 5.56 Å². The number of halogens is 1. The van der Waals surface area contributed by atoms with Gasteiger partial charge in [0.2, 0.25) is 5.88 Å². The molecule has 4 rings (SSSR count). The standard InChI is InChI=1S/C25H23BrN4O2/c1-17-7-10-20(11-8-17)27-16-23(31)28-29-24-21-15-19(26)9-12-22(21)30(25(24)32)14-13-18-5-3-2-4-6-18/h2-12,15,27,32H,13-14,16H2,1H3. The van der Waals surface area contributed by atoms with Gasteiger partial charge in [-0.05, 0) is 49.2 Å². The summed E-state index contributed by atoms with van der Waals surface area (Å²) in [6.07, 6.45) is 0.754. The molecule has 0 atom stereocenters. The van der Waals surface area contributed by atoms with E-state index in [0.717, 1.165) is 33.0 Å². The molecule has 0 bridgehead atoms. The molecule has 3 aromatic carbocycles. The first-order chi connectivity index (χ1) is 15.5. The van der Waals surface area contributed by atoms with Crippen molar-refractivity contribution in [2.45, 2.75) is 19.9 Å². The number of hydrogen-bond donors (Lipinski definition) is 2. The monoisotopic (exact) mass is 490 g/mol. The lowest BCUT2D eigenvalue weighted by molar-refractivity contribution is -0.116. The molecule has 0 aliphatic carbocycles. The third-order valence-corrected chi connectivity index (χ3v) is 5.69. The summed E-state index contributed by atoms with van der Waals surface area (Å²) in [6, 6.07) is 23.5. The predicted molar refractivity (Wildman–Crippen MR) is 131 cm³/mol. The minimum Gasteiger partial charge on any atom is -0.493 e. The molecule has 1 aromatic heterocycles. The number of fused-ring (bicyclic) bond motifs is 1. The van der Waals surface area contributed by atoms with Gasteiger partial charge in [0.1, 0.15) is 0 Å². The van der Waals surface area contributed by atoms with Gasteiger partial charge in [-0.15, -0.1) is 10.2 Å². The first-order valence-electron chi connectivity index (χ1n) is 10.3. The molecule has 0 saturated heterocycles. The molecule has 32 heavy (non-hydrogen) atoms. The number of anilines is 1. The molecule has 0 spiro atoms. The van der Waals surface area contributed by atoms with Crippen LogP contribution in [0.1, 0.15) is 11.1 Å². The van der Waals surface area contributed by atoms with E-state index in [-0.39, 0.29) is 18.1 Å². The van der Waals surface area contributed by atoms with E-state index in [1.807, 2.05) is 67.6 Å². The number of benzene rings is 3. The largest absolute Gasteiger partial charge is 0.493 e. The Balaban J connectivity index is 1.54. The van der Waals surface area contributed by atoms with Gasteiger partial charge < -0.3 is 15.0 Å². The van der Waals surface area contributed by atoms with Crippen LogP contribution in [0.5, 0.6) is 5.88 Å². The number of aromatic nitrogens is 1. The van der Waals surface area contributed by atoms with E-state index in [0.29, 0.717) is 6.54 Å². The molecule has 7 heteroatoms. The number of carbonyl (C=O) groups excluding carboxylic acids is 1. The molecule has 2 N–H and O–H groups in total. The van der Waals surface area contributed by atoms with Crippen LogP contribution < -0.4 is 5.32 Å². The van der Waals surface area contributed by atoms with Crippen LogP contribution in [-0.4, -0.2) is 22.1 Å². The van der Waals surface area contributed by atoms with Crippen LogP contribution in [0, 0.1) is 6.92 Å². The van der Waals surface area contributed by atoms with Crippen molar-refractivity contribution in [3.8, 4) is 5.88 Å². The summed E-state index contributed by atoms with van der Waals surface area (Å²) >= 11 is 3.47. The lowest BCUT2D eigenvalue weighted by atomic mass is 10.1. The third kappa shape index (κ3) is 5.06. The molecule has 162 valence electrons. The van der Waals surface area contributed by atoms with Gasteiger partial charge in [0.15, 0.2) is 5.69 Å². The van der Waals surface area contributed by atoms with Crippen LogP contribution in [0.4, 0.5) is 11.4 Å². The Kier molecular flexibility index (Phi) is 6.66. The molecule has 0 saturated carbocycles. The highest BCUT2D eigenvalue weighted by molar-refractivity contribution is 9.10. The van der Waals surface area contributed by atoms with Crippen LogP contribution in [-0.2, 0) is 17.8 Å². The summed E-state index contributed by atoms with van der Waals surface area (Å²) in [4.78, 5) is 12.3. The first-order valence-corrected chi connectivity index (χ1v) is 11.1. The van der Waals surface area contributed by atoms with E-state index < -0.39 is 5.91 Å². The lowest BCUT2D eigenvalue weighted by Crippen LogP contribution is -2.10. The molecule has 1 amide bonds. The number of carbonyl (C=O) groups is 1. The summed E-state index contributed by atoms with van der Waals surface area (Å²) in [6.45, 7) is 2.60. The Bertz CT molecular complexity index is 1260. The van der Waals surface area contributed by atoms with Crippen molar-refractivity contribution >= 4 is 44.1 Å². The number of rotatable bonds is 7. The van der Waals surface area contributed by atoms with Crippen molar-refractivity contribution in [3.63, 3.8) is 0 Å². The van der Waals surface area contributed by atoms with Crippen LogP contribution in [0.25, 0.3) is 10.9 Å². The lowest BCUT2D eigenvalue weighted by Gasteiger charge is -2.07. The topological polar surface area (TPSA) is 79.0 Å². The summed E-state index contributed by atoms with van der Waals surface area (Å²) in [7, 11) is 0. The Morgan fingerprint density at radius 2 is 1.81 bits per heavy atom. The van der Waals surface area contributed by atoms with Gasteiger partial charge in [-0.1, -0.05) is 64.0 Å². The Morgan fingerprint density at radius 1 is 1.06 bits per heavy atom. The second-order valence-corrected chi connectivity index (χ2v) is 8.45. The van der Waals surface area contributed by atoms with E-state index in [2.05, 4.69) is 43.6 Å². The number of aryl methyl sites for hydroxylation is 3. The number of nitrogens with one attached hydrogen (secondary N) is 1. The van der Waals surface area contributed by atoms with Gasteiger partial charge in [0.05, 0.1) is 12.1 Å². The van der Waals surface area contributed by atoms with Crippen molar-refractivity contribution in [1.82, 2.24) is 4.57 Å². The molecule has 0 fully saturated rings. The van der Waals surface area contributed by atoms with Crippen molar-refractivity contribution < 1.29 is 9.90 Å². The SMILES string of the molecule is Cc1ccc(NCC(=O)N=Nc2c(O)n(CCc3ccccc3)c3ccc(Br)cc23)cc1. The highest BCUT2D eigenvalue weighted by atomic mass is 79.9. The maximum atomic E-state index is 12.3. The minimum atomic E-state index is -0.426. The molecule has 1 heterocycles. The first kappa shape index (κ1) is 21.8. The summed E-state index contributed by atoms with van der Waals surface area (Å²) in [5, 5.41) is 22.6. The van der Waals surface area contributed by atoms with Gasteiger partial charge in [0, 0.05) is 22.1 Å². The highest BCUT2D eigenvalue weighted by Gasteiger charge is 2.17. The van der Waals surface area contributed by atoms with Gasteiger partial charge in [-0.25, -0.2) is 0 Å². The molecule has 0 unspecified atom stereocenters. The van der Waals surface area contributed by atoms with Crippen molar-refractivity contribution in [2.75, 3.05) is 11.9 Å². The average molecular weight is 491 g/mol. The van der Waals surface area contributed by atoms with Crippen molar-refractivity contribution in [3.05, 3.63) is 88.4 Å². The minimum absolute atomic E-state index is 0.00271. The van der Waals surface area contributed by atoms with Crippen molar-refractivity contribution in [1.29, 1.82) is 0 Å². The zero-order valence-corrected chi connectivity index (χ0v) is 19.2. The quantitative estimate of drug-likeness (QED) is 0.295. The number of hydrogen-bond acceptors (Lipinski definition) is 4. The molecule has 0 radical (unpaired) electrons. The Morgan fingerprint density at radius 3 is 2.56 bits per heavy atom. The molecule has 4 aromatic rings. The molecular formula is C25H23BrN4O2. The van der Waals surface area contributed by atoms with Gasteiger partial charge in [-0.3, -0.25) is 4.79 Å². The van der Waals surface area contributed by atoms with Gasteiger partial charge in [-0.2, -0.15) is 0 Å². The smallest absolute Gasteiger partial charge is 0.283 e. The maximum absolute atomic E-state index is 12.3. The van der Waals surface area contributed by atoms with E-state index in [1.54, 1.807) is 4.57 Å². The summed E-state index contributed by atoms with van der Waals surface area (Å²) < 4.78 is 2.66. The fourth-order valence-corrected chi connectivity index (χ4v) is 3.86. The van der Waals surface area contributed by atoms with E-state index in [9.17, 15) is 9.90 Å². The average Bonchev–Trinajstić information content (AvgIpc) is 3.06. The number of azo groups is 1. The Hall–Kier alpha value is -3.45. The fourth-order valence-electron chi connectivity index (χ4n) is 3.50. The Labute approximate surface area is 194 Å². The highest BCUT2D eigenvalue weighted by Crippen LogP contribution is 2.40. The summed E-state index contributed by atoms with van der Waals surface area (Å²) in [5.41, 5.74) is 4.28. The molecule has 0 aliphatic heterocycles. The predicted octanol–water partition coefficient (Wildman–Crippen LogP) is 6.38. The van der Waals surface area contributed by atoms with Gasteiger partial charge >= 0.3 is 0 Å². The van der Waals surface area contributed by atoms with Crippen LogP contribution in [0.15, 0.2) is 87.5 Å². The number of nitrogens with zero attached hydrogens (tertiary/aromatic N) is 3. The summed E-state index contributed by atoms with van der Waals surface area (Å²) in [5.74, 6) is -0.428. The van der Waals surface area contributed by atoms with Crippen LogP contribution in [0.3, 0.4) is 0 Å². The zero-order chi connectivity index (χ0) is 22.5. The van der Waals surface area contributed by atoms with Crippen LogP contribution >= 0.6 is 15.9 Å². The molecular weight excluding hydrogens is 468 g/mol. The second-order valence-electron chi connectivity index (χ2n) is 7.53.